The molecule has 10 nitrogen and oxygen atoms in total. The first-order chi connectivity index (χ1) is 17.5. The van der Waals surface area contributed by atoms with Crippen LogP contribution >= 0.6 is 11.3 Å². The maximum absolute atomic E-state index is 13.2. The van der Waals surface area contributed by atoms with Crippen LogP contribution in [0.2, 0.25) is 0 Å². The summed E-state index contributed by atoms with van der Waals surface area (Å²) in [5.74, 6) is 1.25. The topological polar surface area (TPSA) is 101 Å². The van der Waals surface area contributed by atoms with Gasteiger partial charge in [0.05, 0.1) is 19.1 Å². The largest absolute Gasteiger partial charge is 0.495 e. The van der Waals surface area contributed by atoms with Gasteiger partial charge in [0, 0.05) is 50.9 Å². The molecule has 2 saturated heterocycles. The molecule has 190 valence electrons. The molecule has 0 atom stereocenters. The number of aromatic nitrogens is 1. The van der Waals surface area contributed by atoms with Gasteiger partial charge in [0.15, 0.2) is 5.13 Å². The number of hydrogen-bond donors (Lipinski definition) is 0. The third-order valence-electron chi connectivity index (χ3n) is 6.85. The minimum Gasteiger partial charge on any atom is -0.495 e. The standard InChI is InChI=1S/C25H29N5O5S/c1-34-20-8-9-21(35-2)23-22(20)26-25(36-23)29-14-12-28(13-15-29)24(31)17-6-7-18(19(16-17)30(32)33)27-10-4-3-5-11-27/h6-9,16H,3-5,10-15H2,1-2H3. The van der Waals surface area contributed by atoms with Crippen molar-refractivity contribution >= 4 is 44.0 Å². The lowest BCUT2D eigenvalue weighted by Gasteiger charge is -2.34. The third kappa shape index (κ3) is 4.50. The molecule has 0 bridgehead atoms. The van der Waals surface area contributed by atoms with Crippen LogP contribution in [0.3, 0.4) is 0 Å². The van der Waals surface area contributed by atoms with Crippen LogP contribution in [-0.4, -0.2) is 74.2 Å². The van der Waals surface area contributed by atoms with Gasteiger partial charge in [-0.25, -0.2) is 4.98 Å². The Morgan fingerprint density at radius 1 is 0.944 bits per heavy atom. The zero-order chi connectivity index (χ0) is 25.2. The van der Waals surface area contributed by atoms with Crippen molar-refractivity contribution in [3.8, 4) is 11.5 Å². The average Bonchev–Trinajstić information content (AvgIpc) is 3.38. The van der Waals surface area contributed by atoms with Gasteiger partial charge >= 0.3 is 0 Å². The highest BCUT2D eigenvalue weighted by Gasteiger charge is 2.28. The predicted molar refractivity (Wildman–Crippen MR) is 140 cm³/mol. The molecule has 1 aromatic heterocycles. The van der Waals surface area contributed by atoms with E-state index in [1.165, 1.54) is 17.4 Å². The van der Waals surface area contributed by atoms with Crippen molar-refractivity contribution in [2.45, 2.75) is 19.3 Å². The third-order valence-corrected chi connectivity index (χ3v) is 7.98. The number of nitrogens with zero attached hydrogens (tertiary/aromatic N) is 5. The summed E-state index contributed by atoms with van der Waals surface area (Å²) >= 11 is 1.54. The molecule has 3 aromatic rings. The first-order valence-corrected chi connectivity index (χ1v) is 12.9. The second-order valence-corrected chi connectivity index (χ2v) is 9.91. The first-order valence-electron chi connectivity index (χ1n) is 12.1. The van der Waals surface area contributed by atoms with E-state index in [0.717, 1.165) is 53.4 Å². The molecule has 2 aliphatic heterocycles. The second kappa shape index (κ2) is 10.2. The number of fused-ring (bicyclic) bond motifs is 1. The maximum atomic E-state index is 13.2. The van der Waals surface area contributed by atoms with E-state index in [9.17, 15) is 14.9 Å². The number of piperidine rings is 1. The predicted octanol–water partition coefficient (Wildman–Crippen LogP) is 4.17. The highest BCUT2D eigenvalue weighted by molar-refractivity contribution is 7.22. The number of hydrogen-bond acceptors (Lipinski definition) is 9. The quantitative estimate of drug-likeness (QED) is 0.359. The van der Waals surface area contributed by atoms with E-state index in [1.807, 2.05) is 12.1 Å². The van der Waals surface area contributed by atoms with Gasteiger partial charge in [0.2, 0.25) is 0 Å². The number of nitro groups is 1. The fourth-order valence-corrected chi connectivity index (χ4v) is 6.02. The van der Waals surface area contributed by atoms with Crippen LogP contribution < -0.4 is 19.3 Å². The van der Waals surface area contributed by atoms with Crippen molar-refractivity contribution in [2.75, 3.05) is 63.3 Å². The zero-order valence-corrected chi connectivity index (χ0v) is 21.3. The van der Waals surface area contributed by atoms with E-state index in [2.05, 4.69) is 9.80 Å². The SMILES string of the molecule is COc1ccc(OC)c2sc(N3CCN(C(=O)c4ccc(N5CCCCC5)c([N+](=O)[O-])c4)CC3)nc12. The number of ether oxygens (including phenoxy) is 2. The summed E-state index contributed by atoms with van der Waals surface area (Å²) in [6.45, 7) is 3.85. The molecule has 2 fully saturated rings. The number of benzene rings is 2. The Balaban J connectivity index is 1.31. The van der Waals surface area contributed by atoms with E-state index in [-0.39, 0.29) is 16.5 Å². The fourth-order valence-electron chi connectivity index (χ4n) is 4.90. The van der Waals surface area contributed by atoms with Crippen LogP contribution in [0.1, 0.15) is 29.6 Å². The van der Waals surface area contributed by atoms with Crippen LogP contribution in [0.25, 0.3) is 10.2 Å². The van der Waals surface area contributed by atoms with Gasteiger partial charge in [-0.2, -0.15) is 0 Å². The summed E-state index contributed by atoms with van der Waals surface area (Å²) in [4.78, 5) is 35.4. The van der Waals surface area contributed by atoms with Gasteiger partial charge in [0.1, 0.15) is 27.4 Å². The van der Waals surface area contributed by atoms with E-state index < -0.39 is 0 Å². The minimum atomic E-state index is -0.381. The fraction of sp³-hybridized carbons (Fsp3) is 0.440. The molecular weight excluding hydrogens is 482 g/mol. The summed E-state index contributed by atoms with van der Waals surface area (Å²) < 4.78 is 11.9. The van der Waals surface area contributed by atoms with E-state index in [1.54, 1.807) is 31.3 Å². The number of carbonyl (C=O) groups excluding carboxylic acids is 1. The number of anilines is 2. The summed E-state index contributed by atoms with van der Waals surface area (Å²) in [6.07, 6.45) is 3.19. The number of carbonyl (C=O) groups is 1. The summed E-state index contributed by atoms with van der Waals surface area (Å²) in [7, 11) is 3.25. The normalized spacial score (nSPS) is 16.3. The molecule has 11 heteroatoms. The van der Waals surface area contributed by atoms with Crippen LogP contribution in [0.4, 0.5) is 16.5 Å². The molecule has 0 unspecified atom stereocenters. The lowest BCUT2D eigenvalue weighted by molar-refractivity contribution is -0.384. The average molecular weight is 512 g/mol. The van der Waals surface area contributed by atoms with Crippen molar-refractivity contribution in [2.24, 2.45) is 0 Å². The minimum absolute atomic E-state index is 0.00115. The highest BCUT2D eigenvalue weighted by Crippen LogP contribution is 2.40. The van der Waals surface area contributed by atoms with Crippen LogP contribution in [0, 0.1) is 10.1 Å². The van der Waals surface area contributed by atoms with E-state index in [4.69, 9.17) is 14.5 Å². The molecule has 2 aromatic carbocycles. The summed E-state index contributed by atoms with van der Waals surface area (Å²) in [5.41, 5.74) is 1.71. The highest BCUT2D eigenvalue weighted by atomic mass is 32.1. The Kier molecular flexibility index (Phi) is 6.82. The number of nitro benzene ring substituents is 1. The zero-order valence-electron chi connectivity index (χ0n) is 20.4. The first kappa shape index (κ1) is 24.1. The Morgan fingerprint density at radius 3 is 2.31 bits per heavy atom. The molecule has 2 aliphatic rings. The van der Waals surface area contributed by atoms with Gasteiger partial charge in [-0.1, -0.05) is 11.3 Å². The Morgan fingerprint density at radius 2 is 1.64 bits per heavy atom. The Labute approximate surface area is 213 Å². The summed E-state index contributed by atoms with van der Waals surface area (Å²) in [5, 5.41) is 12.7. The molecule has 1 amide bonds. The number of thiazole rings is 1. The van der Waals surface area contributed by atoms with Crippen molar-refractivity contribution in [1.29, 1.82) is 0 Å². The Hall–Kier alpha value is -3.60. The Bertz CT molecular complexity index is 1240. The number of methoxy groups -OCH3 is 2. The smallest absolute Gasteiger partial charge is 0.293 e. The lowest BCUT2D eigenvalue weighted by atomic mass is 10.1. The second-order valence-electron chi connectivity index (χ2n) is 8.93. The number of amides is 1. The van der Waals surface area contributed by atoms with Gasteiger partial charge in [-0.3, -0.25) is 14.9 Å². The number of piperazine rings is 1. The molecule has 0 radical (unpaired) electrons. The lowest BCUT2D eigenvalue weighted by Crippen LogP contribution is -2.48. The van der Waals surface area contributed by atoms with Crippen molar-refractivity contribution < 1.29 is 19.2 Å². The molecule has 36 heavy (non-hydrogen) atoms. The van der Waals surface area contributed by atoms with Gasteiger partial charge in [-0.05, 0) is 43.5 Å². The van der Waals surface area contributed by atoms with Crippen molar-refractivity contribution in [3.05, 3.63) is 46.0 Å². The molecule has 3 heterocycles. The van der Waals surface area contributed by atoms with Crippen LogP contribution in [0.5, 0.6) is 11.5 Å². The van der Waals surface area contributed by atoms with Crippen LogP contribution in [0.15, 0.2) is 30.3 Å². The van der Waals surface area contributed by atoms with Gasteiger partial charge < -0.3 is 24.2 Å². The molecular formula is C25H29N5O5S. The molecule has 0 N–H and O–H groups in total. The molecule has 5 rings (SSSR count). The maximum Gasteiger partial charge on any atom is 0.293 e. The molecule has 0 spiro atoms. The van der Waals surface area contributed by atoms with Gasteiger partial charge in [0.25, 0.3) is 11.6 Å². The van der Waals surface area contributed by atoms with Gasteiger partial charge in [-0.15, -0.1) is 0 Å². The molecule has 0 aliphatic carbocycles. The molecule has 0 saturated carbocycles. The summed E-state index contributed by atoms with van der Waals surface area (Å²) in [6, 6.07) is 8.60. The van der Waals surface area contributed by atoms with E-state index >= 15 is 0 Å². The van der Waals surface area contributed by atoms with Crippen LogP contribution in [-0.2, 0) is 0 Å². The van der Waals surface area contributed by atoms with Crippen molar-refractivity contribution in [1.82, 2.24) is 9.88 Å². The van der Waals surface area contributed by atoms with Crippen molar-refractivity contribution in [3.63, 3.8) is 0 Å². The number of rotatable bonds is 6. The monoisotopic (exact) mass is 511 g/mol. The van der Waals surface area contributed by atoms with E-state index in [0.29, 0.717) is 43.2 Å².